The number of rotatable bonds is 7. The van der Waals surface area contributed by atoms with Gasteiger partial charge in [-0.25, -0.2) is 8.42 Å². The maximum Gasteiger partial charge on any atom is 0.262 e. The molecule has 0 fully saturated rings. The van der Waals surface area contributed by atoms with Crippen LogP contribution in [0.3, 0.4) is 0 Å². The van der Waals surface area contributed by atoms with Crippen molar-refractivity contribution in [2.75, 3.05) is 17.1 Å². The minimum Gasteiger partial charge on any atom is -0.495 e. The maximum atomic E-state index is 12.6. The molecule has 3 N–H and O–H groups in total. The van der Waals surface area contributed by atoms with Crippen LogP contribution in [0.25, 0.3) is 0 Å². The highest BCUT2D eigenvalue weighted by Crippen LogP contribution is 2.26. The quantitative estimate of drug-likeness (QED) is 0.495. The van der Waals surface area contributed by atoms with Gasteiger partial charge in [-0.2, -0.15) is 0 Å². The number of sulfonamides is 1. The van der Waals surface area contributed by atoms with E-state index in [9.17, 15) is 8.42 Å². The van der Waals surface area contributed by atoms with Crippen molar-refractivity contribution in [2.45, 2.75) is 11.4 Å². The van der Waals surface area contributed by atoms with Crippen molar-refractivity contribution in [1.29, 1.82) is 0 Å². The monoisotopic (exact) mass is 427 g/mol. The molecule has 0 spiro atoms. The van der Waals surface area contributed by atoms with Gasteiger partial charge in [-0.1, -0.05) is 42.5 Å². The summed E-state index contributed by atoms with van der Waals surface area (Å²) in [6.45, 7) is 0.599. The molecule has 0 bridgehead atoms. The first-order chi connectivity index (χ1) is 14.0. The lowest BCUT2D eigenvalue weighted by Crippen LogP contribution is -2.27. The van der Waals surface area contributed by atoms with Crippen LogP contribution in [0.1, 0.15) is 5.56 Å². The number of hydrogen-bond acceptors (Lipinski definition) is 4. The van der Waals surface area contributed by atoms with Crippen LogP contribution in [0.2, 0.25) is 0 Å². The molecule has 0 heterocycles. The van der Waals surface area contributed by atoms with Crippen LogP contribution in [0.5, 0.6) is 5.75 Å². The van der Waals surface area contributed by atoms with Crippen molar-refractivity contribution in [1.82, 2.24) is 5.32 Å². The highest BCUT2D eigenvalue weighted by Gasteiger charge is 2.16. The van der Waals surface area contributed by atoms with Crippen molar-refractivity contribution in [3.8, 4) is 5.75 Å². The summed E-state index contributed by atoms with van der Waals surface area (Å²) < 4.78 is 33.0. The summed E-state index contributed by atoms with van der Waals surface area (Å²) in [6, 6.07) is 23.1. The summed E-state index contributed by atoms with van der Waals surface area (Å²) in [6.07, 6.45) is 0. The van der Waals surface area contributed by atoms with Crippen molar-refractivity contribution < 1.29 is 13.2 Å². The maximum absolute atomic E-state index is 12.6. The Morgan fingerprint density at radius 1 is 0.931 bits per heavy atom. The van der Waals surface area contributed by atoms with E-state index in [0.29, 0.717) is 28.8 Å². The second-order valence-electron chi connectivity index (χ2n) is 6.12. The SMILES string of the molecule is COc1ccccc1NS(=O)(=O)c1ccc(NC(=S)NCc2ccccc2)cc1. The van der Waals surface area contributed by atoms with E-state index >= 15 is 0 Å². The molecular formula is C21H21N3O3S2. The highest BCUT2D eigenvalue weighted by molar-refractivity contribution is 7.92. The third-order valence-corrected chi connectivity index (χ3v) is 5.70. The fourth-order valence-corrected chi connectivity index (χ4v) is 3.86. The zero-order valence-corrected chi connectivity index (χ0v) is 17.4. The molecule has 0 aromatic heterocycles. The molecule has 6 nitrogen and oxygen atoms in total. The summed E-state index contributed by atoms with van der Waals surface area (Å²) in [5.74, 6) is 0.448. The lowest BCUT2D eigenvalue weighted by atomic mass is 10.2. The van der Waals surface area contributed by atoms with Crippen molar-refractivity contribution in [3.05, 3.63) is 84.4 Å². The van der Waals surface area contributed by atoms with Crippen LogP contribution < -0.4 is 20.1 Å². The number of hydrogen-bond donors (Lipinski definition) is 3. The van der Waals surface area contributed by atoms with E-state index < -0.39 is 10.0 Å². The van der Waals surface area contributed by atoms with Gasteiger partial charge in [-0.3, -0.25) is 4.72 Å². The van der Waals surface area contributed by atoms with Gasteiger partial charge in [0.2, 0.25) is 0 Å². The van der Waals surface area contributed by atoms with Gasteiger partial charge in [0.25, 0.3) is 10.0 Å². The Labute approximate surface area is 176 Å². The Morgan fingerprint density at radius 2 is 1.59 bits per heavy atom. The van der Waals surface area contributed by atoms with Crippen molar-refractivity contribution in [2.24, 2.45) is 0 Å². The van der Waals surface area contributed by atoms with E-state index in [1.807, 2.05) is 30.3 Å². The molecule has 8 heteroatoms. The largest absolute Gasteiger partial charge is 0.495 e. The van der Waals surface area contributed by atoms with Gasteiger partial charge in [0.05, 0.1) is 17.7 Å². The standard InChI is InChI=1S/C21H21N3O3S2/c1-27-20-10-6-5-9-19(20)24-29(25,26)18-13-11-17(12-14-18)23-21(28)22-15-16-7-3-2-4-8-16/h2-14,24H,15H2,1H3,(H2,22,23,28). The minimum absolute atomic E-state index is 0.136. The summed E-state index contributed by atoms with van der Waals surface area (Å²) >= 11 is 5.29. The summed E-state index contributed by atoms with van der Waals surface area (Å²) in [7, 11) is -2.26. The Morgan fingerprint density at radius 3 is 2.28 bits per heavy atom. The fourth-order valence-electron chi connectivity index (χ4n) is 2.60. The van der Waals surface area contributed by atoms with Gasteiger partial charge in [-0.05, 0) is 54.2 Å². The highest BCUT2D eigenvalue weighted by atomic mass is 32.2. The summed E-state index contributed by atoms with van der Waals surface area (Å²) in [4.78, 5) is 0.136. The van der Waals surface area contributed by atoms with Gasteiger partial charge >= 0.3 is 0 Å². The van der Waals surface area contributed by atoms with Gasteiger partial charge in [-0.15, -0.1) is 0 Å². The number of para-hydroxylation sites is 2. The second-order valence-corrected chi connectivity index (χ2v) is 8.21. The third kappa shape index (κ3) is 5.69. The van der Waals surface area contributed by atoms with E-state index in [2.05, 4.69) is 15.4 Å². The number of thiocarbonyl (C=S) groups is 1. The van der Waals surface area contributed by atoms with Gasteiger partial charge in [0.1, 0.15) is 5.75 Å². The Balaban J connectivity index is 1.62. The zero-order valence-electron chi connectivity index (χ0n) is 15.8. The van der Waals surface area contributed by atoms with Crippen molar-refractivity contribution in [3.63, 3.8) is 0 Å². The molecule has 0 atom stereocenters. The lowest BCUT2D eigenvalue weighted by molar-refractivity contribution is 0.417. The Kier molecular flexibility index (Phi) is 6.69. The number of methoxy groups -OCH3 is 1. The van der Waals surface area contributed by atoms with E-state index in [1.165, 1.54) is 19.2 Å². The summed E-state index contributed by atoms with van der Waals surface area (Å²) in [5.41, 5.74) is 2.18. The van der Waals surface area contributed by atoms with Crippen LogP contribution in [0, 0.1) is 0 Å². The van der Waals surface area contributed by atoms with Gasteiger partial charge < -0.3 is 15.4 Å². The summed E-state index contributed by atoms with van der Waals surface area (Å²) in [5, 5.41) is 6.61. The van der Waals surface area contributed by atoms with E-state index in [1.54, 1.807) is 36.4 Å². The second kappa shape index (κ2) is 9.40. The first kappa shape index (κ1) is 20.6. The molecule has 3 rings (SSSR count). The molecule has 0 aliphatic rings. The molecule has 3 aromatic rings. The molecular weight excluding hydrogens is 406 g/mol. The molecule has 0 radical (unpaired) electrons. The normalized spacial score (nSPS) is 10.8. The minimum atomic E-state index is -3.74. The molecule has 0 amide bonds. The lowest BCUT2D eigenvalue weighted by Gasteiger charge is -2.13. The van der Waals surface area contributed by atoms with Crippen LogP contribution >= 0.6 is 12.2 Å². The first-order valence-corrected chi connectivity index (χ1v) is 10.7. The molecule has 0 aliphatic carbocycles. The average Bonchev–Trinajstić information content (AvgIpc) is 2.73. The van der Waals surface area contributed by atoms with Crippen LogP contribution in [0.15, 0.2) is 83.8 Å². The van der Waals surface area contributed by atoms with Crippen LogP contribution in [-0.4, -0.2) is 20.6 Å². The third-order valence-electron chi connectivity index (χ3n) is 4.07. The number of nitrogens with one attached hydrogen (secondary N) is 3. The number of anilines is 2. The predicted molar refractivity (Wildman–Crippen MR) is 120 cm³/mol. The molecule has 0 saturated heterocycles. The predicted octanol–water partition coefficient (Wildman–Crippen LogP) is 3.98. The fraction of sp³-hybridized carbons (Fsp3) is 0.0952. The molecule has 0 saturated carbocycles. The average molecular weight is 428 g/mol. The molecule has 150 valence electrons. The van der Waals surface area contributed by atoms with E-state index in [-0.39, 0.29) is 4.90 Å². The van der Waals surface area contributed by atoms with Gasteiger partial charge in [0.15, 0.2) is 5.11 Å². The topological polar surface area (TPSA) is 79.5 Å². The number of ether oxygens (including phenoxy) is 1. The zero-order chi connectivity index (χ0) is 20.7. The van der Waals surface area contributed by atoms with Crippen LogP contribution in [0.4, 0.5) is 11.4 Å². The first-order valence-electron chi connectivity index (χ1n) is 8.82. The molecule has 3 aromatic carbocycles. The van der Waals surface area contributed by atoms with Crippen LogP contribution in [-0.2, 0) is 16.6 Å². The molecule has 29 heavy (non-hydrogen) atoms. The van der Waals surface area contributed by atoms with Gasteiger partial charge in [0, 0.05) is 12.2 Å². The smallest absolute Gasteiger partial charge is 0.262 e. The Hall–Kier alpha value is -3.10. The number of benzene rings is 3. The molecule has 0 unspecified atom stereocenters. The Bertz CT molecular complexity index is 1070. The molecule has 0 aliphatic heterocycles. The van der Waals surface area contributed by atoms with E-state index in [0.717, 1.165) is 5.56 Å². The van der Waals surface area contributed by atoms with E-state index in [4.69, 9.17) is 17.0 Å². The van der Waals surface area contributed by atoms with Crippen molar-refractivity contribution >= 4 is 38.7 Å².